The number of rotatable bonds is 6. The maximum atomic E-state index is 13.7. The Labute approximate surface area is 217 Å². The molecule has 4 aliphatic carbocycles. The van der Waals surface area contributed by atoms with Gasteiger partial charge in [0.2, 0.25) is 0 Å². The zero-order chi connectivity index (χ0) is 25.3. The summed E-state index contributed by atoms with van der Waals surface area (Å²) in [6.45, 7) is -0.501. The fraction of sp³-hybridized carbons (Fsp3) is 0.333. The van der Waals surface area contributed by atoms with Crippen LogP contribution in [0.25, 0.3) is 0 Å². The van der Waals surface area contributed by atoms with Gasteiger partial charge in [-0.15, -0.1) is 0 Å². The first-order valence-corrected chi connectivity index (χ1v) is 12.6. The molecule has 2 aromatic carbocycles. The Morgan fingerprint density at radius 2 is 1.61 bits per heavy atom. The first kappa shape index (κ1) is 23.3. The number of ether oxygens (including phenoxy) is 1. The van der Waals surface area contributed by atoms with E-state index in [-0.39, 0.29) is 27.4 Å². The van der Waals surface area contributed by atoms with E-state index in [0.717, 1.165) is 16.4 Å². The van der Waals surface area contributed by atoms with Gasteiger partial charge in [-0.05, 0) is 60.4 Å². The van der Waals surface area contributed by atoms with Gasteiger partial charge in [0.05, 0.1) is 29.0 Å². The zero-order valence-electron chi connectivity index (χ0n) is 19.3. The van der Waals surface area contributed by atoms with Crippen molar-refractivity contribution in [3.63, 3.8) is 0 Å². The van der Waals surface area contributed by atoms with E-state index in [1.54, 1.807) is 24.3 Å². The average Bonchev–Trinajstić information content (AvgIpc) is 3.67. The van der Waals surface area contributed by atoms with E-state index in [1.165, 1.54) is 25.3 Å². The van der Waals surface area contributed by atoms with Crippen molar-refractivity contribution >= 4 is 46.7 Å². The standard InChI is InChI=1S/C27H22Cl2N2O5/c1-36-15-4-2-3-13(9-15)22(32)12-30(25(33)14-5-8-20(28)21(29)10-14)31-26(34)23-16-6-7-17(19-11-18(16)19)24(23)27(31)35/h2-10,16-19,23-24H,11-12H2,1H3/t16-,17-,18-,19+,23-,24+/m0/s1. The average molecular weight is 525 g/mol. The Balaban J connectivity index is 1.37. The van der Waals surface area contributed by atoms with Crippen molar-refractivity contribution in [2.45, 2.75) is 6.42 Å². The van der Waals surface area contributed by atoms with E-state index in [2.05, 4.69) is 12.2 Å². The molecule has 1 heterocycles. The predicted molar refractivity (Wildman–Crippen MR) is 131 cm³/mol. The lowest BCUT2D eigenvalue weighted by molar-refractivity contribution is -0.154. The summed E-state index contributed by atoms with van der Waals surface area (Å²) in [6, 6.07) is 10.8. The molecule has 0 aromatic heterocycles. The summed E-state index contributed by atoms with van der Waals surface area (Å²) in [5.74, 6) is -1.72. The zero-order valence-corrected chi connectivity index (χ0v) is 20.8. The third-order valence-corrected chi connectivity index (χ3v) is 8.71. The quantitative estimate of drug-likeness (QED) is 0.319. The van der Waals surface area contributed by atoms with Crippen LogP contribution in [-0.2, 0) is 9.59 Å². The van der Waals surface area contributed by atoms with Gasteiger partial charge in [-0.1, -0.05) is 47.5 Å². The third kappa shape index (κ3) is 3.48. The van der Waals surface area contributed by atoms with E-state index in [1.807, 2.05) is 0 Å². The Morgan fingerprint density at radius 1 is 0.944 bits per heavy atom. The van der Waals surface area contributed by atoms with Gasteiger partial charge in [0.1, 0.15) is 12.3 Å². The molecule has 5 aliphatic rings. The van der Waals surface area contributed by atoms with E-state index in [9.17, 15) is 19.2 Å². The van der Waals surface area contributed by atoms with Crippen LogP contribution in [0.1, 0.15) is 27.1 Å². The molecule has 3 amide bonds. The molecule has 0 spiro atoms. The number of imide groups is 1. The van der Waals surface area contributed by atoms with Crippen LogP contribution in [0.5, 0.6) is 5.75 Å². The summed E-state index contributed by atoms with van der Waals surface area (Å²) >= 11 is 12.2. The van der Waals surface area contributed by atoms with Crippen LogP contribution in [0.2, 0.25) is 10.0 Å². The van der Waals surface area contributed by atoms with Crippen LogP contribution in [0.15, 0.2) is 54.6 Å². The molecular formula is C27H22Cl2N2O5. The smallest absolute Gasteiger partial charge is 0.273 e. The molecule has 1 aliphatic heterocycles. The lowest BCUT2D eigenvalue weighted by atomic mass is 9.63. The van der Waals surface area contributed by atoms with Gasteiger partial charge in [0.25, 0.3) is 17.7 Å². The molecule has 6 atom stereocenters. The Morgan fingerprint density at radius 3 is 2.22 bits per heavy atom. The number of hydrazine groups is 1. The number of ketones is 1. The van der Waals surface area contributed by atoms with Crippen LogP contribution < -0.4 is 4.74 Å². The second-order valence-electron chi connectivity index (χ2n) is 9.79. The number of carbonyl (C=O) groups excluding carboxylic acids is 4. The van der Waals surface area contributed by atoms with E-state index < -0.39 is 41.9 Å². The van der Waals surface area contributed by atoms with Gasteiger partial charge < -0.3 is 4.74 Å². The summed E-state index contributed by atoms with van der Waals surface area (Å²) in [6.07, 6.45) is 5.14. The fourth-order valence-corrected chi connectivity index (χ4v) is 6.51. The Hall–Kier alpha value is -3.16. The van der Waals surface area contributed by atoms with Crippen molar-refractivity contribution in [1.82, 2.24) is 10.0 Å². The molecule has 0 N–H and O–H groups in total. The number of carbonyl (C=O) groups is 4. The van der Waals surface area contributed by atoms with E-state index >= 15 is 0 Å². The molecule has 36 heavy (non-hydrogen) atoms. The number of Topliss-reactive ketones (excluding diaryl/α,β-unsaturated/α-hetero) is 1. The largest absolute Gasteiger partial charge is 0.497 e. The molecule has 184 valence electrons. The molecule has 7 nitrogen and oxygen atoms in total. The summed E-state index contributed by atoms with van der Waals surface area (Å²) in [7, 11) is 1.49. The number of hydrogen-bond acceptors (Lipinski definition) is 5. The third-order valence-electron chi connectivity index (χ3n) is 7.97. The van der Waals surface area contributed by atoms with Crippen LogP contribution >= 0.6 is 23.2 Å². The molecule has 0 radical (unpaired) electrons. The summed E-state index contributed by atoms with van der Waals surface area (Å²) in [4.78, 5) is 54.5. The van der Waals surface area contributed by atoms with Crippen molar-refractivity contribution in [2.24, 2.45) is 35.5 Å². The summed E-state index contributed by atoms with van der Waals surface area (Å²) in [5, 5.41) is 2.29. The van der Waals surface area contributed by atoms with Gasteiger partial charge in [-0.25, -0.2) is 5.01 Å². The lowest BCUT2D eigenvalue weighted by Gasteiger charge is -2.37. The number of benzene rings is 2. The van der Waals surface area contributed by atoms with Crippen molar-refractivity contribution in [3.8, 4) is 5.75 Å². The van der Waals surface area contributed by atoms with Gasteiger partial charge >= 0.3 is 0 Å². The number of nitrogens with zero attached hydrogens (tertiary/aromatic N) is 2. The maximum absolute atomic E-state index is 13.7. The van der Waals surface area contributed by atoms with Gasteiger partial charge in [0.15, 0.2) is 5.78 Å². The second-order valence-corrected chi connectivity index (χ2v) is 10.6. The first-order valence-electron chi connectivity index (χ1n) is 11.8. The molecule has 2 bridgehead atoms. The van der Waals surface area contributed by atoms with Crippen molar-refractivity contribution in [3.05, 3.63) is 75.8 Å². The first-order chi connectivity index (χ1) is 17.3. The second kappa shape index (κ2) is 8.46. The maximum Gasteiger partial charge on any atom is 0.273 e. The van der Waals surface area contributed by atoms with Crippen LogP contribution in [0.4, 0.5) is 0 Å². The monoisotopic (exact) mass is 524 g/mol. The minimum Gasteiger partial charge on any atom is -0.497 e. The van der Waals surface area contributed by atoms with Gasteiger partial charge in [-0.3, -0.25) is 19.2 Å². The SMILES string of the molecule is COc1cccc(C(=O)CN(C(=O)c2ccc(Cl)c(Cl)c2)N2C(=O)[C@@H]3[C@H]4C=C[C@@H]([C@@H]5C[C@H]45)[C@@H]3C2=O)c1. The normalized spacial score (nSPS) is 29.1. The number of methoxy groups -OCH3 is 1. The van der Waals surface area contributed by atoms with Crippen molar-refractivity contribution in [1.29, 1.82) is 0 Å². The Kier molecular flexibility index (Phi) is 5.46. The molecule has 0 unspecified atom stereocenters. The topological polar surface area (TPSA) is 84.0 Å². The number of amides is 3. The summed E-state index contributed by atoms with van der Waals surface area (Å²) < 4.78 is 5.21. The lowest BCUT2D eigenvalue weighted by Crippen LogP contribution is -2.52. The Bertz CT molecular complexity index is 1320. The minimum atomic E-state index is -0.685. The molecule has 2 saturated carbocycles. The number of halogens is 2. The predicted octanol–water partition coefficient (Wildman–Crippen LogP) is 4.30. The van der Waals surface area contributed by atoms with Crippen LogP contribution in [0, 0.1) is 35.5 Å². The minimum absolute atomic E-state index is 0.0116. The highest BCUT2D eigenvalue weighted by atomic mass is 35.5. The molecule has 2 aromatic rings. The van der Waals surface area contributed by atoms with Crippen LogP contribution in [-0.4, -0.2) is 47.2 Å². The number of allylic oxidation sites excluding steroid dienone is 2. The summed E-state index contributed by atoms with van der Waals surface area (Å²) in [5.41, 5.74) is 0.406. The van der Waals surface area contributed by atoms with Gasteiger partial charge in [0, 0.05) is 11.1 Å². The van der Waals surface area contributed by atoms with Crippen molar-refractivity contribution < 1.29 is 23.9 Å². The number of hydrogen-bond donors (Lipinski definition) is 0. The molecule has 7 rings (SSSR count). The highest BCUT2D eigenvalue weighted by Crippen LogP contribution is 2.65. The molecule has 1 saturated heterocycles. The fourth-order valence-electron chi connectivity index (χ4n) is 6.21. The molecule has 3 fully saturated rings. The molecular weight excluding hydrogens is 503 g/mol. The highest BCUT2D eigenvalue weighted by molar-refractivity contribution is 6.42. The van der Waals surface area contributed by atoms with E-state index in [0.29, 0.717) is 23.1 Å². The van der Waals surface area contributed by atoms with Crippen molar-refractivity contribution in [2.75, 3.05) is 13.7 Å². The molecule has 9 heteroatoms. The van der Waals surface area contributed by atoms with Gasteiger partial charge in [-0.2, -0.15) is 5.01 Å². The highest BCUT2D eigenvalue weighted by Gasteiger charge is 2.68. The van der Waals surface area contributed by atoms with E-state index in [4.69, 9.17) is 27.9 Å². The van der Waals surface area contributed by atoms with Crippen LogP contribution in [0.3, 0.4) is 0 Å².